The average molecular weight is 319 g/mol. The highest BCUT2D eigenvalue weighted by molar-refractivity contribution is 5.06. The summed E-state index contributed by atoms with van der Waals surface area (Å²) in [7, 11) is 0. The van der Waals surface area contributed by atoms with E-state index in [1.54, 1.807) is 6.20 Å². The Hall–Kier alpha value is -1.08. The number of halogens is 3. The molecule has 1 aliphatic rings. The molecular formula is C15H24F3N3O. The van der Waals surface area contributed by atoms with Gasteiger partial charge in [-0.3, -0.25) is 9.80 Å². The lowest BCUT2D eigenvalue weighted by atomic mass is 9.94. The number of hydrogen-bond acceptors (Lipinski definition) is 4. The molecular weight excluding hydrogens is 295 g/mol. The topological polar surface area (TPSA) is 32.5 Å². The molecule has 1 fully saturated rings. The van der Waals surface area contributed by atoms with Crippen LogP contribution in [0.5, 0.6) is 0 Å². The molecule has 1 aromatic heterocycles. The number of nitrogens with zero attached hydrogens (tertiary/aromatic N) is 3. The number of alkyl halides is 3. The van der Waals surface area contributed by atoms with Crippen LogP contribution >= 0.6 is 0 Å². The van der Waals surface area contributed by atoms with Crippen LogP contribution < -0.4 is 0 Å². The van der Waals surface area contributed by atoms with Gasteiger partial charge in [-0.05, 0) is 19.5 Å². The van der Waals surface area contributed by atoms with Gasteiger partial charge in [0.2, 0.25) is 5.89 Å². The Labute approximate surface area is 129 Å². The Morgan fingerprint density at radius 1 is 1.09 bits per heavy atom. The predicted octanol–water partition coefficient (Wildman–Crippen LogP) is 3.04. The summed E-state index contributed by atoms with van der Waals surface area (Å²) in [6.07, 6.45) is -1.66. The van der Waals surface area contributed by atoms with Crippen LogP contribution in [0.3, 0.4) is 0 Å². The molecule has 1 saturated heterocycles. The Morgan fingerprint density at radius 3 is 2.32 bits per heavy atom. The number of hydrogen-bond donors (Lipinski definition) is 0. The molecule has 0 unspecified atom stereocenters. The van der Waals surface area contributed by atoms with E-state index in [1.807, 2.05) is 0 Å². The molecule has 0 spiro atoms. The van der Waals surface area contributed by atoms with Crippen LogP contribution in [-0.4, -0.2) is 53.7 Å². The quantitative estimate of drug-likeness (QED) is 0.857. The van der Waals surface area contributed by atoms with E-state index in [9.17, 15) is 13.2 Å². The van der Waals surface area contributed by atoms with Crippen molar-refractivity contribution in [1.82, 2.24) is 14.8 Å². The maximum atomic E-state index is 12.5. The van der Waals surface area contributed by atoms with Gasteiger partial charge >= 0.3 is 6.18 Å². The second kappa shape index (κ2) is 6.58. The van der Waals surface area contributed by atoms with E-state index in [0.717, 1.165) is 18.7 Å². The predicted molar refractivity (Wildman–Crippen MR) is 77.6 cm³/mol. The normalized spacial score (nSPS) is 19.4. The van der Waals surface area contributed by atoms with E-state index in [4.69, 9.17) is 4.42 Å². The van der Waals surface area contributed by atoms with Crippen LogP contribution in [-0.2, 0) is 12.0 Å². The zero-order valence-electron chi connectivity index (χ0n) is 13.4. The molecule has 0 aromatic carbocycles. The van der Waals surface area contributed by atoms with Gasteiger partial charge < -0.3 is 4.42 Å². The first-order valence-corrected chi connectivity index (χ1v) is 7.60. The minimum absolute atomic E-state index is 0.0897. The first kappa shape index (κ1) is 17.3. The maximum absolute atomic E-state index is 12.5. The van der Waals surface area contributed by atoms with Crippen molar-refractivity contribution in [2.24, 2.45) is 0 Å². The molecule has 126 valence electrons. The first-order valence-electron chi connectivity index (χ1n) is 7.60. The van der Waals surface area contributed by atoms with Gasteiger partial charge in [-0.25, -0.2) is 4.98 Å². The van der Waals surface area contributed by atoms with Crippen molar-refractivity contribution in [2.45, 2.75) is 45.3 Å². The van der Waals surface area contributed by atoms with Gasteiger partial charge in [0.05, 0.1) is 19.3 Å². The highest BCUT2D eigenvalue weighted by Gasteiger charge is 2.31. The molecule has 0 radical (unpaired) electrons. The summed E-state index contributed by atoms with van der Waals surface area (Å²) in [4.78, 5) is 7.86. The molecule has 0 atom stereocenters. The lowest BCUT2D eigenvalue weighted by molar-refractivity contribution is -0.145. The van der Waals surface area contributed by atoms with Crippen molar-refractivity contribution < 1.29 is 17.6 Å². The van der Waals surface area contributed by atoms with Crippen molar-refractivity contribution in [3.8, 4) is 0 Å². The fourth-order valence-corrected chi connectivity index (χ4v) is 2.52. The summed E-state index contributed by atoms with van der Waals surface area (Å²) >= 11 is 0. The summed E-state index contributed by atoms with van der Waals surface area (Å²) < 4.78 is 43.1. The molecule has 22 heavy (non-hydrogen) atoms. The fraction of sp³-hybridized carbons (Fsp3) is 0.800. The summed E-state index contributed by atoms with van der Waals surface area (Å²) in [6, 6.07) is 0. The zero-order chi connectivity index (χ0) is 16.4. The monoisotopic (exact) mass is 319 g/mol. The fourth-order valence-electron chi connectivity index (χ4n) is 2.52. The second-order valence-electron chi connectivity index (χ2n) is 6.89. The largest absolute Gasteiger partial charge is 0.444 e. The Balaban J connectivity index is 1.88. The minimum atomic E-state index is -4.13. The van der Waals surface area contributed by atoms with Crippen LogP contribution in [0.1, 0.15) is 38.8 Å². The number of rotatable bonds is 3. The maximum Gasteiger partial charge on any atom is 0.401 e. The third-order valence-corrected chi connectivity index (χ3v) is 3.74. The highest BCUT2D eigenvalue weighted by Crippen LogP contribution is 2.23. The molecule has 2 heterocycles. The lowest BCUT2D eigenvalue weighted by Crippen LogP contribution is -2.37. The molecule has 0 saturated carbocycles. The Bertz CT molecular complexity index is 479. The summed E-state index contributed by atoms with van der Waals surface area (Å²) in [5, 5.41) is 0. The number of oxazole rings is 1. The van der Waals surface area contributed by atoms with Gasteiger partial charge in [0, 0.05) is 18.5 Å². The van der Waals surface area contributed by atoms with E-state index >= 15 is 0 Å². The third-order valence-electron chi connectivity index (χ3n) is 3.74. The van der Waals surface area contributed by atoms with Gasteiger partial charge in [-0.15, -0.1) is 0 Å². The van der Waals surface area contributed by atoms with Gasteiger partial charge in [0.15, 0.2) is 0 Å². The van der Waals surface area contributed by atoms with Crippen LogP contribution in [0.4, 0.5) is 13.2 Å². The summed E-state index contributed by atoms with van der Waals surface area (Å²) in [5.41, 5.74) is -0.0897. The number of aromatic nitrogens is 1. The van der Waals surface area contributed by atoms with Crippen LogP contribution in [0.15, 0.2) is 10.6 Å². The molecule has 0 aliphatic carbocycles. The van der Waals surface area contributed by atoms with E-state index in [-0.39, 0.29) is 5.41 Å². The SMILES string of the molecule is CC(C)(C)c1cnc(CN2CCCN(CC(F)(F)F)CC2)o1. The smallest absolute Gasteiger partial charge is 0.401 e. The molecule has 0 N–H and O–H groups in total. The lowest BCUT2D eigenvalue weighted by Gasteiger charge is -2.22. The third kappa shape index (κ3) is 5.28. The van der Waals surface area contributed by atoms with Gasteiger partial charge in [0.25, 0.3) is 0 Å². The second-order valence-corrected chi connectivity index (χ2v) is 6.89. The van der Waals surface area contributed by atoms with Crippen molar-refractivity contribution in [3.05, 3.63) is 17.8 Å². The van der Waals surface area contributed by atoms with Crippen LogP contribution in [0.25, 0.3) is 0 Å². The molecule has 4 nitrogen and oxygen atoms in total. The van der Waals surface area contributed by atoms with E-state index in [0.29, 0.717) is 32.1 Å². The van der Waals surface area contributed by atoms with Gasteiger partial charge in [-0.2, -0.15) is 13.2 Å². The van der Waals surface area contributed by atoms with Crippen molar-refractivity contribution in [3.63, 3.8) is 0 Å². The van der Waals surface area contributed by atoms with E-state index in [1.165, 1.54) is 4.90 Å². The summed E-state index contributed by atoms with van der Waals surface area (Å²) in [5.74, 6) is 1.46. The average Bonchev–Trinajstić information content (AvgIpc) is 2.72. The Kier molecular flexibility index (Phi) is 5.17. The highest BCUT2D eigenvalue weighted by atomic mass is 19.4. The van der Waals surface area contributed by atoms with Crippen molar-refractivity contribution in [2.75, 3.05) is 32.7 Å². The van der Waals surface area contributed by atoms with Gasteiger partial charge in [0.1, 0.15) is 5.76 Å². The van der Waals surface area contributed by atoms with Crippen molar-refractivity contribution in [1.29, 1.82) is 0 Å². The summed E-state index contributed by atoms with van der Waals surface area (Å²) in [6.45, 7) is 8.16. The Morgan fingerprint density at radius 2 is 1.73 bits per heavy atom. The molecule has 1 aliphatic heterocycles. The van der Waals surface area contributed by atoms with Crippen molar-refractivity contribution >= 4 is 0 Å². The van der Waals surface area contributed by atoms with E-state index < -0.39 is 12.7 Å². The standard InChI is InChI=1S/C15H24F3N3O/c1-14(2,3)12-9-19-13(22-12)10-20-5-4-6-21(8-7-20)11-15(16,17)18/h9H,4-8,10-11H2,1-3H3. The first-order chi connectivity index (χ1) is 10.1. The van der Waals surface area contributed by atoms with E-state index in [2.05, 4.69) is 30.7 Å². The zero-order valence-corrected chi connectivity index (χ0v) is 13.4. The van der Waals surface area contributed by atoms with Crippen LogP contribution in [0.2, 0.25) is 0 Å². The molecule has 0 bridgehead atoms. The van der Waals surface area contributed by atoms with Gasteiger partial charge in [-0.1, -0.05) is 20.8 Å². The molecule has 7 heteroatoms. The molecule has 0 amide bonds. The van der Waals surface area contributed by atoms with Crippen LogP contribution in [0, 0.1) is 0 Å². The molecule has 2 rings (SSSR count). The minimum Gasteiger partial charge on any atom is -0.444 e. The molecule has 1 aromatic rings.